The summed E-state index contributed by atoms with van der Waals surface area (Å²) < 4.78 is 21.3. The molecule has 0 spiro atoms. The lowest BCUT2D eigenvalue weighted by Crippen LogP contribution is -2.12. The van der Waals surface area contributed by atoms with Gasteiger partial charge in [-0.25, -0.2) is 9.78 Å². The predicted molar refractivity (Wildman–Crippen MR) is 127 cm³/mol. The molecule has 0 aliphatic rings. The van der Waals surface area contributed by atoms with Crippen LogP contribution in [0.2, 0.25) is 0 Å². The number of anilines is 1. The van der Waals surface area contributed by atoms with E-state index < -0.39 is 5.97 Å². The zero-order valence-electron chi connectivity index (χ0n) is 19.0. The van der Waals surface area contributed by atoms with Crippen molar-refractivity contribution in [2.45, 2.75) is 19.8 Å². The van der Waals surface area contributed by atoms with Crippen LogP contribution in [0.3, 0.4) is 0 Å². The quantitative estimate of drug-likeness (QED) is 0.433. The molecule has 0 aliphatic heterocycles. The van der Waals surface area contributed by atoms with Crippen LogP contribution in [0.1, 0.15) is 28.6 Å². The monoisotopic (exact) mass is 470 g/mol. The van der Waals surface area contributed by atoms with Gasteiger partial charge in [-0.15, -0.1) is 0 Å². The molecule has 9 heteroatoms. The molecule has 1 amide bonds. The number of carbonyl (C=O) groups excluding carboxylic acids is 2. The lowest BCUT2D eigenvalue weighted by atomic mass is 10.1. The molecule has 1 aromatic heterocycles. The molecule has 33 heavy (non-hydrogen) atoms. The number of esters is 1. The Balaban J connectivity index is 1.77. The van der Waals surface area contributed by atoms with Gasteiger partial charge in [-0.2, -0.15) is 0 Å². The van der Waals surface area contributed by atoms with Crippen molar-refractivity contribution in [1.82, 2.24) is 4.98 Å². The largest absolute Gasteiger partial charge is 0.493 e. The summed E-state index contributed by atoms with van der Waals surface area (Å²) in [5.74, 6) is 0.838. The molecule has 0 radical (unpaired) electrons. The van der Waals surface area contributed by atoms with E-state index in [0.717, 1.165) is 22.5 Å². The number of methoxy groups -OCH3 is 3. The second-order valence-electron chi connectivity index (χ2n) is 6.82. The molecule has 3 aromatic rings. The maximum absolute atomic E-state index is 12.7. The summed E-state index contributed by atoms with van der Waals surface area (Å²) in [7, 11) is 4.62. The molecule has 0 saturated heterocycles. The third kappa shape index (κ3) is 5.61. The van der Waals surface area contributed by atoms with Gasteiger partial charge in [0.15, 0.2) is 16.6 Å². The minimum Gasteiger partial charge on any atom is -0.493 e. The fourth-order valence-corrected chi connectivity index (χ4v) is 4.19. The van der Waals surface area contributed by atoms with Crippen molar-refractivity contribution in [2.24, 2.45) is 0 Å². The average molecular weight is 471 g/mol. The van der Waals surface area contributed by atoms with Crippen LogP contribution in [-0.2, 0) is 16.0 Å². The SMILES string of the molecule is CCOC(=O)c1sc(NC(=O)CCc2ccc(OC)c(OC)c2OC)nc1-c1ccccc1. The van der Waals surface area contributed by atoms with Crippen LogP contribution in [0.5, 0.6) is 17.2 Å². The number of amides is 1. The van der Waals surface area contributed by atoms with E-state index in [-0.39, 0.29) is 18.9 Å². The molecular formula is C24H26N2O6S. The minimum atomic E-state index is -0.468. The average Bonchev–Trinajstić information content (AvgIpc) is 3.26. The van der Waals surface area contributed by atoms with Crippen LogP contribution in [-0.4, -0.2) is 44.8 Å². The highest BCUT2D eigenvalue weighted by Crippen LogP contribution is 2.40. The Kier molecular flexibility index (Phi) is 8.26. The third-order valence-corrected chi connectivity index (χ3v) is 5.74. The number of benzene rings is 2. The minimum absolute atomic E-state index is 0.181. The van der Waals surface area contributed by atoms with E-state index in [9.17, 15) is 9.59 Å². The molecule has 0 unspecified atom stereocenters. The molecule has 3 rings (SSSR count). The first-order chi connectivity index (χ1) is 16.0. The highest BCUT2D eigenvalue weighted by Gasteiger charge is 2.22. The van der Waals surface area contributed by atoms with Crippen LogP contribution < -0.4 is 19.5 Å². The zero-order valence-corrected chi connectivity index (χ0v) is 19.8. The molecule has 0 fully saturated rings. The summed E-state index contributed by atoms with van der Waals surface area (Å²) in [6, 6.07) is 12.9. The van der Waals surface area contributed by atoms with Crippen LogP contribution >= 0.6 is 11.3 Å². The van der Waals surface area contributed by atoms with Crippen molar-refractivity contribution >= 4 is 28.3 Å². The molecule has 0 aliphatic carbocycles. The van der Waals surface area contributed by atoms with Gasteiger partial charge in [0.2, 0.25) is 11.7 Å². The molecule has 0 atom stereocenters. The van der Waals surface area contributed by atoms with E-state index in [2.05, 4.69) is 10.3 Å². The maximum atomic E-state index is 12.7. The normalized spacial score (nSPS) is 10.4. The van der Waals surface area contributed by atoms with E-state index in [4.69, 9.17) is 18.9 Å². The molecule has 2 aromatic carbocycles. The molecule has 0 saturated carbocycles. The summed E-state index contributed by atoms with van der Waals surface area (Å²) in [6.45, 7) is 1.99. The van der Waals surface area contributed by atoms with Crippen LogP contribution in [0.25, 0.3) is 11.3 Å². The Hall–Kier alpha value is -3.59. The lowest BCUT2D eigenvalue weighted by molar-refractivity contribution is -0.116. The first-order valence-electron chi connectivity index (χ1n) is 10.3. The molecule has 1 N–H and O–H groups in total. The van der Waals surface area contributed by atoms with Crippen LogP contribution in [0.15, 0.2) is 42.5 Å². The topological polar surface area (TPSA) is 96.0 Å². The van der Waals surface area contributed by atoms with Gasteiger partial charge in [0.25, 0.3) is 0 Å². The van der Waals surface area contributed by atoms with Gasteiger partial charge in [0.1, 0.15) is 4.88 Å². The molecule has 1 heterocycles. The Morgan fingerprint density at radius 3 is 2.33 bits per heavy atom. The Morgan fingerprint density at radius 1 is 0.970 bits per heavy atom. The van der Waals surface area contributed by atoms with Gasteiger partial charge in [-0.05, 0) is 25.0 Å². The standard InChI is InChI=1S/C24H26N2O6S/c1-5-32-23(28)22-19(15-9-7-6-8-10-15)26-24(33-22)25-18(27)14-12-16-11-13-17(29-2)21(31-4)20(16)30-3/h6-11,13H,5,12,14H2,1-4H3,(H,25,26,27). The number of aromatic nitrogens is 1. The predicted octanol–water partition coefficient (Wildman–Crippen LogP) is 4.58. The van der Waals surface area contributed by atoms with E-state index >= 15 is 0 Å². The van der Waals surface area contributed by atoms with E-state index in [0.29, 0.717) is 39.4 Å². The summed E-state index contributed by atoms with van der Waals surface area (Å²) in [5.41, 5.74) is 2.06. The number of hydrogen-bond acceptors (Lipinski definition) is 8. The summed E-state index contributed by atoms with van der Waals surface area (Å²) in [5, 5.41) is 3.13. The Bertz CT molecular complexity index is 1110. The number of aryl methyl sites for hydroxylation is 1. The molecule has 0 bridgehead atoms. The van der Waals surface area contributed by atoms with Crippen molar-refractivity contribution in [2.75, 3.05) is 33.3 Å². The second-order valence-corrected chi connectivity index (χ2v) is 7.82. The summed E-state index contributed by atoms with van der Waals surface area (Å²) in [4.78, 5) is 29.9. The second kappa shape index (κ2) is 11.3. The van der Waals surface area contributed by atoms with Gasteiger partial charge >= 0.3 is 5.97 Å². The highest BCUT2D eigenvalue weighted by atomic mass is 32.1. The Morgan fingerprint density at radius 2 is 1.70 bits per heavy atom. The van der Waals surface area contributed by atoms with Crippen molar-refractivity contribution in [3.8, 4) is 28.5 Å². The van der Waals surface area contributed by atoms with Crippen molar-refractivity contribution < 1.29 is 28.5 Å². The van der Waals surface area contributed by atoms with Gasteiger partial charge in [0.05, 0.1) is 33.6 Å². The molecule has 174 valence electrons. The van der Waals surface area contributed by atoms with Crippen molar-refractivity contribution in [3.63, 3.8) is 0 Å². The maximum Gasteiger partial charge on any atom is 0.350 e. The number of nitrogens with zero attached hydrogens (tertiary/aromatic N) is 1. The highest BCUT2D eigenvalue weighted by molar-refractivity contribution is 7.18. The molecule has 8 nitrogen and oxygen atoms in total. The van der Waals surface area contributed by atoms with Crippen molar-refractivity contribution in [3.05, 3.63) is 52.9 Å². The molecular weight excluding hydrogens is 444 g/mol. The third-order valence-electron chi connectivity index (χ3n) is 4.79. The van der Waals surface area contributed by atoms with Gasteiger partial charge in [0, 0.05) is 12.0 Å². The van der Waals surface area contributed by atoms with E-state index in [1.165, 1.54) is 7.11 Å². The number of thiazole rings is 1. The number of nitrogens with one attached hydrogen (secondary N) is 1. The summed E-state index contributed by atoms with van der Waals surface area (Å²) in [6.07, 6.45) is 0.595. The van der Waals surface area contributed by atoms with E-state index in [1.807, 2.05) is 36.4 Å². The fraction of sp³-hybridized carbons (Fsp3) is 0.292. The number of rotatable bonds is 10. The summed E-state index contributed by atoms with van der Waals surface area (Å²) >= 11 is 1.09. The smallest absolute Gasteiger partial charge is 0.350 e. The van der Waals surface area contributed by atoms with Crippen molar-refractivity contribution in [1.29, 1.82) is 0 Å². The first-order valence-corrected chi connectivity index (χ1v) is 11.1. The first kappa shape index (κ1) is 24.1. The van der Waals surface area contributed by atoms with Gasteiger partial charge in [-0.3, -0.25) is 4.79 Å². The number of hydrogen-bond donors (Lipinski definition) is 1. The van der Waals surface area contributed by atoms with Gasteiger partial charge < -0.3 is 24.3 Å². The van der Waals surface area contributed by atoms with Gasteiger partial charge in [-0.1, -0.05) is 47.7 Å². The van der Waals surface area contributed by atoms with E-state index in [1.54, 1.807) is 27.2 Å². The van der Waals surface area contributed by atoms with Crippen LogP contribution in [0, 0.1) is 0 Å². The van der Waals surface area contributed by atoms with Crippen LogP contribution in [0.4, 0.5) is 5.13 Å². The lowest BCUT2D eigenvalue weighted by Gasteiger charge is -2.15. The number of ether oxygens (including phenoxy) is 4. The Labute approximate surface area is 196 Å². The zero-order chi connectivity index (χ0) is 23.8. The number of carbonyl (C=O) groups is 2. The fourth-order valence-electron chi connectivity index (χ4n) is 3.29.